The second-order valence-electron chi connectivity index (χ2n) is 4.17. The van der Waals surface area contributed by atoms with Gasteiger partial charge in [-0.3, -0.25) is 0 Å². The molecule has 0 atom stereocenters. The van der Waals surface area contributed by atoms with Crippen molar-refractivity contribution in [2.24, 2.45) is 0 Å². The van der Waals surface area contributed by atoms with E-state index in [0.717, 1.165) is 30.5 Å². The second-order valence-corrected chi connectivity index (χ2v) is 4.60. The van der Waals surface area contributed by atoms with Crippen LogP contribution in [0, 0.1) is 6.92 Å². The Kier molecular flexibility index (Phi) is 4.33. The van der Waals surface area contributed by atoms with Crippen molar-refractivity contribution < 1.29 is 4.42 Å². The Balaban J connectivity index is 2.13. The van der Waals surface area contributed by atoms with Crippen LogP contribution in [0.5, 0.6) is 0 Å². The summed E-state index contributed by atoms with van der Waals surface area (Å²) in [5.74, 6) is 1.23. The maximum absolute atomic E-state index is 5.92. The van der Waals surface area contributed by atoms with Gasteiger partial charge < -0.3 is 9.73 Å². The Morgan fingerprint density at radius 3 is 2.89 bits per heavy atom. The quantitative estimate of drug-likeness (QED) is 0.845. The lowest BCUT2D eigenvalue weighted by Crippen LogP contribution is -2.08. The Labute approximate surface area is 111 Å². The van der Waals surface area contributed by atoms with Gasteiger partial charge in [0.1, 0.15) is 0 Å². The minimum absolute atomic E-state index is 0.559. The summed E-state index contributed by atoms with van der Waals surface area (Å²) in [7, 11) is 1.93. The molecule has 1 aromatic carbocycles. The molecule has 1 N–H and O–H groups in total. The van der Waals surface area contributed by atoms with E-state index >= 15 is 0 Å². The van der Waals surface area contributed by atoms with Gasteiger partial charge in [0, 0.05) is 17.0 Å². The van der Waals surface area contributed by atoms with E-state index in [4.69, 9.17) is 16.0 Å². The molecule has 0 bridgehead atoms. The zero-order valence-electron chi connectivity index (χ0n) is 10.5. The number of halogens is 1. The topological polar surface area (TPSA) is 51.0 Å². The number of hydrogen-bond donors (Lipinski definition) is 1. The molecule has 2 aromatic rings. The fourth-order valence-corrected chi connectivity index (χ4v) is 1.97. The Morgan fingerprint density at radius 2 is 2.17 bits per heavy atom. The molecule has 0 saturated heterocycles. The van der Waals surface area contributed by atoms with Crippen LogP contribution in [0.15, 0.2) is 22.6 Å². The minimum Gasteiger partial charge on any atom is -0.421 e. The summed E-state index contributed by atoms with van der Waals surface area (Å²) < 4.78 is 5.64. The Hall–Kier alpha value is -1.39. The van der Waals surface area contributed by atoms with Crippen LogP contribution in [-0.2, 0) is 6.42 Å². The summed E-state index contributed by atoms with van der Waals surface area (Å²) in [5, 5.41) is 11.9. The van der Waals surface area contributed by atoms with Crippen LogP contribution in [0.1, 0.15) is 17.9 Å². The molecule has 0 aliphatic rings. The average molecular weight is 266 g/mol. The minimum atomic E-state index is 0.559. The van der Waals surface area contributed by atoms with Gasteiger partial charge >= 0.3 is 0 Å². The molecule has 0 radical (unpaired) electrons. The third kappa shape index (κ3) is 3.09. The van der Waals surface area contributed by atoms with E-state index < -0.39 is 0 Å². The van der Waals surface area contributed by atoms with E-state index in [9.17, 15) is 0 Å². The molecule has 2 rings (SSSR count). The van der Waals surface area contributed by atoms with Crippen molar-refractivity contribution in [3.05, 3.63) is 34.7 Å². The molecule has 96 valence electrons. The molecule has 0 aliphatic carbocycles. The molecule has 0 amide bonds. The lowest BCUT2D eigenvalue weighted by molar-refractivity contribution is 0.494. The van der Waals surface area contributed by atoms with Gasteiger partial charge in [-0.25, -0.2) is 0 Å². The molecule has 1 heterocycles. The predicted molar refractivity (Wildman–Crippen MR) is 71.7 cm³/mol. The number of aryl methyl sites for hydroxylation is 2. The average Bonchev–Trinajstić information content (AvgIpc) is 2.78. The first kappa shape index (κ1) is 13.1. The lowest BCUT2D eigenvalue weighted by Gasteiger charge is -2.00. The second kappa shape index (κ2) is 5.98. The summed E-state index contributed by atoms with van der Waals surface area (Å²) >= 11 is 5.92. The maximum Gasteiger partial charge on any atom is 0.247 e. The zero-order valence-corrected chi connectivity index (χ0v) is 11.3. The van der Waals surface area contributed by atoms with Crippen LogP contribution in [0.2, 0.25) is 5.02 Å². The molecule has 5 heteroatoms. The highest BCUT2D eigenvalue weighted by Gasteiger charge is 2.10. The SMILES string of the molecule is CNCCCc1nnc(-c2ccc(Cl)cc2C)o1. The van der Waals surface area contributed by atoms with Crippen molar-refractivity contribution >= 4 is 11.6 Å². The number of nitrogens with zero attached hydrogens (tertiary/aromatic N) is 2. The molecule has 18 heavy (non-hydrogen) atoms. The first-order valence-corrected chi connectivity index (χ1v) is 6.32. The molecule has 0 spiro atoms. The standard InChI is InChI=1S/C13H16ClN3O/c1-9-8-10(14)5-6-11(9)13-17-16-12(18-13)4-3-7-15-2/h5-6,8,15H,3-4,7H2,1-2H3. The highest BCUT2D eigenvalue weighted by Crippen LogP contribution is 2.24. The van der Waals surface area contributed by atoms with Crippen LogP contribution in [0.4, 0.5) is 0 Å². The maximum atomic E-state index is 5.92. The van der Waals surface area contributed by atoms with Crippen LogP contribution in [0.25, 0.3) is 11.5 Å². The van der Waals surface area contributed by atoms with E-state index in [1.54, 1.807) is 0 Å². The third-order valence-electron chi connectivity index (χ3n) is 2.70. The number of rotatable bonds is 5. The van der Waals surface area contributed by atoms with Gasteiger partial charge in [-0.15, -0.1) is 10.2 Å². The summed E-state index contributed by atoms with van der Waals surface area (Å²) in [6.07, 6.45) is 1.78. The Morgan fingerprint density at radius 1 is 1.33 bits per heavy atom. The molecule has 0 fully saturated rings. The first-order chi connectivity index (χ1) is 8.70. The third-order valence-corrected chi connectivity index (χ3v) is 2.94. The van der Waals surface area contributed by atoms with Gasteiger partial charge in [-0.2, -0.15) is 0 Å². The van der Waals surface area contributed by atoms with Gasteiger partial charge in [-0.1, -0.05) is 11.6 Å². The van der Waals surface area contributed by atoms with Gasteiger partial charge in [0.2, 0.25) is 11.8 Å². The fourth-order valence-electron chi connectivity index (χ4n) is 1.75. The highest BCUT2D eigenvalue weighted by molar-refractivity contribution is 6.30. The van der Waals surface area contributed by atoms with Crippen LogP contribution >= 0.6 is 11.6 Å². The molecular formula is C13H16ClN3O. The number of benzene rings is 1. The van der Waals surface area contributed by atoms with Crippen LogP contribution in [-0.4, -0.2) is 23.8 Å². The highest BCUT2D eigenvalue weighted by atomic mass is 35.5. The monoisotopic (exact) mass is 265 g/mol. The predicted octanol–water partition coefficient (Wildman–Crippen LogP) is 2.85. The van der Waals surface area contributed by atoms with E-state index in [2.05, 4.69) is 15.5 Å². The molecule has 0 unspecified atom stereocenters. The van der Waals surface area contributed by atoms with Gasteiger partial charge in [0.15, 0.2) is 0 Å². The fraction of sp³-hybridized carbons (Fsp3) is 0.385. The van der Waals surface area contributed by atoms with E-state index in [1.165, 1.54) is 0 Å². The molecular weight excluding hydrogens is 250 g/mol. The number of nitrogens with one attached hydrogen (secondary N) is 1. The van der Waals surface area contributed by atoms with E-state index in [0.29, 0.717) is 16.8 Å². The lowest BCUT2D eigenvalue weighted by atomic mass is 10.1. The van der Waals surface area contributed by atoms with Crippen molar-refractivity contribution in [1.29, 1.82) is 0 Å². The van der Waals surface area contributed by atoms with E-state index in [-0.39, 0.29) is 0 Å². The van der Waals surface area contributed by atoms with Crippen molar-refractivity contribution in [3.8, 4) is 11.5 Å². The van der Waals surface area contributed by atoms with Crippen molar-refractivity contribution in [3.63, 3.8) is 0 Å². The summed E-state index contributed by atoms with van der Waals surface area (Å²) in [6.45, 7) is 2.92. The van der Waals surface area contributed by atoms with Crippen molar-refractivity contribution in [2.45, 2.75) is 19.8 Å². The van der Waals surface area contributed by atoms with Crippen molar-refractivity contribution in [1.82, 2.24) is 15.5 Å². The van der Waals surface area contributed by atoms with Gasteiger partial charge in [0.05, 0.1) is 0 Å². The first-order valence-electron chi connectivity index (χ1n) is 5.94. The number of aromatic nitrogens is 2. The van der Waals surface area contributed by atoms with Crippen LogP contribution in [0.3, 0.4) is 0 Å². The smallest absolute Gasteiger partial charge is 0.247 e. The summed E-state index contributed by atoms with van der Waals surface area (Å²) in [6, 6.07) is 5.62. The largest absolute Gasteiger partial charge is 0.421 e. The molecule has 0 saturated carbocycles. The number of hydrogen-bond acceptors (Lipinski definition) is 4. The van der Waals surface area contributed by atoms with Gasteiger partial charge in [-0.05, 0) is 50.7 Å². The van der Waals surface area contributed by atoms with Crippen LogP contribution < -0.4 is 5.32 Å². The normalized spacial score (nSPS) is 10.8. The summed E-state index contributed by atoms with van der Waals surface area (Å²) in [5.41, 5.74) is 1.97. The molecule has 0 aliphatic heterocycles. The van der Waals surface area contributed by atoms with Gasteiger partial charge in [0.25, 0.3) is 0 Å². The molecule has 1 aromatic heterocycles. The van der Waals surface area contributed by atoms with E-state index in [1.807, 2.05) is 32.2 Å². The Bertz CT molecular complexity index is 525. The zero-order chi connectivity index (χ0) is 13.0. The summed E-state index contributed by atoms with van der Waals surface area (Å²) in [4.78, 5) is 0. The van der Waals surface area contributed by atoms with Crippen molar-refractivity contribution in [2.75, 3.05) is 13.6 Å². The molecule has 4 nitrogen and oxygen atoms in total.